The molecule has 0 aliphatic rings. The summed E-state index contributed by atoms with van der Waals surface area (Å²) in [5.41, 5.74) is 0. The number of phosphoric acid groups is 1. The third kappa shape index (κ3) is 2.09. The molecule has 1 rings (SSSR count). The summed E-state index contributed by atoms with van der Waals surface area (Å²) >= 11 is 0. The van der Waals surface area contributed by atoms with E-state index >= 15 is 0 Å². The van der Waals surface area contributed by atoms with E-state index < -0.39 is 7.82 Å². The third-order valence-corrected chi connectivity index (χ3v) is 0.868. The Labute approximate surface area is 54.6 Å². The average molecular weight is 166 g/mol. The largest absolute Gasteiger partial charge is 0.546 e. The number of nitrogens with zero attached hydrogens (tertiary/aromatic N) is 4. The summed E-state index contributed by atoms with van der Waals surface area (Å²) in [4.78, 5) is 16.6. The van der Waals surface area contributed by atoms with Crippen molar-refractivity contribution in [3.63, 3.8) is 0 Å². The third-order valence-electron chi connectivity index (χ3n) is 0.510. The molecule has 1 aromatic rings. The van der Waals surface area contributed by atoms with Crippen molar-refractivity contribution in [1.82, 2.24) is 20.4 Å². The maximum atomic E-state index is 10.0. The molecule has 0 amide bonds. The van der Waals surface area contributed by atoms with Crippen LogP contribution in [0.25, 0.3) is 0 Å². The number of aromatic nitrogens is 4. The van der Waals surface area contributed by atoms with Crippen LogP contribution >= 0.6 is 7.82 Å². The van der Waals surface area contributed by atoms with E-state index in [0.29, 0.717) is 4.96 Å². The second kappa shape index (κ2) is 2.33. The highest BCUT2D eigenvalue weighted by Crippen LogP contribution is 2.30. The number of hydrogen-bond acceptors (Lipinski definition) is 5. The predicted octanol–water partition coefficient (Wildman–Crippen LogP) is -1.81. The van der Waals surface area contributed by atoms with E-state index in [1.54, 1.807) is 0 Å². The van der Waals surface area contributed by atoms with Crippen molar-refractivity contribution in [2.75, 3.05) is 0 Å². The Balaban J connectivity index is 2.66. The van der Waals surface area contributed by atoms with Crippen LogP contribution < -0.4 is 4.62 Å². The van der Waals surface area contributed by atoms with E-state index in [0.717, 1.165) is 6.33 Å². The van der Waals surface area contributed by atoms with Gasteiger partial charge in [0.2, 0.25) is 0 Å². The minimum Gasteiger partial charge on any atom is -0.292 e. The molecular weight excluding hydrogens is 163 g/mol. The molecule has 1 heterocycles. The standard InChI is InChI=1S/CH3N4O4P/c6-10(7,8)9-5-3-1-2-4-5/h1H,(H2,6,7,8). The molecule has 0 aliphatic heterocycles. The van der Waals surface area contributed by atoms with E-state index in [-0.39, 0.29) is 0 Å². The minimum atomic E-state index is -4.56. The van der Waals surface area contributed by atoms with Gasteiger partial charge < -0.3 is 0 Å². The summed E-state index contributed by atoms with van der Waals surface area (Å²) in [6, 6.07) is 0. The smallest absolute Gasteiger partial charge is 0.292 e. The van der Waals surface area contributed by atoms with Crippen LogP contribution in [0.2, 0.25) is 0 Å². The first-order chi connectivity index (χ1) is 4.58. The van der Waals surface area contributed by atoms with Crippen LogP contribution in [0, 0.1) is 0 Å². The minimum absolute atomic E-state index is 0.334. The summed E-state index contributed by atoms with van der Waals surface area (Å²) in [6.07, 6.45) is 0.982. The summed E-state index contributed by atoms with van der Waals surface area (Å²) in [7, 11) is -4.56. The first-order valence-corrected chi connectivity index (χ1v) is 3.59. The Morgan fingerprint density at radius 1 is 1.60 bits per heavy atom. The Kier molecular flexibility index (Phi) is 1.66. The molecule has 8 nitrogen and oxygen atoms in total. The van der Waals surface area contributed by atoms with Gasteiger partial charge in [-0.3, -0.25) is 14.4 Å². The fourth-order valence-electron chi connectivity index (χ4n) is 0.290. The van der Waals surface area contributed by atoms with Gasteiger partial charge in [-0.25, -0.2) is 4.57 Å². The van der Waals surface area contributed by atoms with Crippen LogP contribution in [0.15, 0.2) is 6.33 Å². The van der Waals surface area contributed by atoms with Gasteiger partial charge in [0.15, 0.2) is 6.33 Å². The van der Waals surface area contributed by atoms with Gasteiger partial charge >= 0.3 is 7.82 Å². The van der Waals surface area contributed by atoms with Crippen LogP contribution in [0.5, 0.6) is 0 Å². The monoisotopic (exact) mass is 166 g/mol. The van der Waals surface area contributed by atoms with E-state index in [1.807, 2.05) is 0 Å². The summed E-state index contributed by atoms with van der Waals surface area (Å²) in [5.74, 6) is 0. The van der Waals surface area contributed by atoms with Crippen LogP contribution in [0.1, 0.15) is 0 Å². The van der Waals surface area contributed by atoms with Crippen molar-refractivity contribution in [3.8, 4) is 0 Å². The molecule has 0 bridgehead atoms. The lowest BCUT2D eigenvalue weighted by molar-refractivity contribution is 0.125. The summed E-state index contributed by atoms with van der Waals surface area (Å²) in [5, 5.41) is 9.36. The normalized spacial score (nSPS) is 11.4. The topological polar surface area (TPSA) is 110 Å². The Morgan fingerprint density at radius 3 is 2.70 bits per heavy atom. The highest BCUT2D eigenvalue weighted by atomic mass is 31.2. The molecule has 0 unspecified atom stereocenters. The molecule has 9 heteroatoms. The molecule has 0 fully saturated rings. The van der Waals surface area contributed by atoms with Gasteiger partial charge in [-0.2, -0.15) is 0 Å². The Morgan fingerprint density at radius 2 is 2.30 bits per heavy atom. The van der Waals surface area contributed by atoms with Crippen LogP contribution in [-0.4, -0.2) is 30.2 Å². The molecule has 0 spiro atoms. The molecule has 10 heavy (non-hydrogen) atoms. The van der Waals surface area contributed by atoms with Crippen molar-refractivity contribution in [3.05, 3.63) is 6.33 Å². The fraction of sp³-hybridized carbons (Fsp3) is 0. The number of hydrogen-bond donors (Lipinski definition) is 2. The van der Waals surface area contributed by atoms with E-state index in [2.05, 4.69) is 20.0 Å². The molecular formula is CH3N4O4P. The lowest BCUT2D eigenvalue weighted by Gasteiger charge is -2.00. The Hall–Kier alpha value is -0.980. The summed E-state index contributed by atoms with van der Waals surface area (Å²) in [6.45, 7) is 0. The zero-order valence-electron chi connectivity index (χ0n) is 4.52. The molecule has 0 saturated heterocycles. The molecule has 0 aromatic carbocycles. The van der Waals surface area contributed by atoms with E-state index in [9.17, 15) is 4.57 Å². The first-order valence-electron chi connectivity index (χ1n) is 2.06. The molecule has 0 saturated carbocycles. The number of rotatable bonds is 2. The predicted molar refractivity (Wildman–Crippen MR) is 26.4 cm³/mol. The highest BCUT2D eigenvalue weighted by Gasteiger charge is 2.16. The van der Waals surface area contributed by atoms with Crippen molar-refractivity contribution in [2.24, 2.45) is 0 Å². The average Bonchev–Trinajstić information content (AvgIpc) is 2.12. The quantitative estimate of drug-likeness (QED) is 0.498. The van der Waals surface area contributed by atoms with Gasteiger partial charge in [-0.15, -0.1) is 10.2 Å². The van der Waals surface area contributed by atoms with Crippen LogP contribution in [0.3, 0.4) is 0 Å². The first kappa shape index (κ1) is 7.13. The molecule has 2 N–H and O–H groups in total. The highest BCUT2D eigenvalue weighted by molar-refractivity contribution is 7.46. The molecule has 56 valence electrons. The number of tetrazole rings is 1. The van der Waals surface area contributed by atoms with Gasteiger partial charge in [0.25, 0.3) is 0 Å². The van der Waals surface area contributed by atoms with Crippen molar-refractivity contribution in [1.29, 1.82) is 0 Å². The molecule has 0 aliphatic carbocycles. The zero-order chi connectivity index (χ0) is 7.61. The molecule has 0 atom stereocenters. The van der Waals surface area contributed by atoms with Gasteiger partial charge in [0.1, 0.15) is 0 Å². The van der Waals surface area contributed by atoms with Gasteiger partial charge in [-0.1, -0.05) is 0 Å². The van der Waals surface area contributed by atoms with Crippen LogP contribution in [-0.2, 0) is 4.57 Å². The van der Waals surface area contributed by atoms with Crippen molar-refractivity contribution >= 4 is 7.82 Å². The second-order valence-corrected chi connectivity index (χ2v) is 2.41. The van der Waals surface area contributed by atoms with Gasteiger partial charge in [0, 0.05) is 4.96 Å². The SMILES string of the molecule is O=P(O)(O)On1ncnn1. The maximum Gasteiger partial charge on any atom is 0.546 e. The van der Waals surface area contributed by atoms with E-state index in [4.69, 9.17) is 9.79 Å². The van der Waals surface area contributed by atoms with E-state index in [1.165, 1.54) is 0 Å². The zero-order valence-corrected chi connectivity index (χ0v) is 5.42. The maximum absolute atomic E-state index is 10.0. The van der Waals surface area contributed by atoms with Gasteiger partial charge in [0.05, 0.1) is 0 Å². The van der Waals surface area contributed by atoms with Crippen molar-refractivity contribution < 1.29 is 19.0 Å². The van der Waals surface area contributed by atoms with Gasteiger partial charge in [-0.05, 0) is 5.21 Å². The summed E-state index contributed by atoms with van der Waals surface area (Å²) < 4.78 is 13.9. The lowest BCUT2D eigenvalue weighted by Crippen LogP contribution is -2.11. The second-order valence-electron chi connectivity index (χ2n) is 1.26. The fourth-order valence-corrected chi connectivity index (χ4v) is 0.555. The Bertz CT molecular complexity index is 238. The molecule has 1 aromatic heterocycles. The lowest BCUT2D eigenvalue weighted by atomic mass is 11.4. The van der Waals surface area contributed by atoms with Crippen molar-refractivity contribution in [2.45, 2.75) is 0 Å². The molecule has 0 radical (unpaired) electrons. The van der Waals surface area contributed by atoms with Crippen LogP contribution in [0.4, 0.5) is 0 Å².